The second kappa shape index (κ2) is 10.7. The first-order valence-corrected chi connectivity index (χ1v) is 10.2. The molecule has 2 aromatic carbocycles. The minimum Gasteiger partial charge on any atom is -0.493 e. The molecule has 0 aliphatic rings. The zero-order valence-corrected chi connectivity index (χ0v) is 18.5. The number of nitrogens with one attached hydrogen (secondary N) is 1. The van der Waals surface area contributed by atoms with Crippen LogP contribution in [0.4, 0.5) is 0 Å². The highest BCUT2D eigenvalue weighted by Crippen LogP contribution is 2.26. The van der Waals surface area contributed by atoms with Gasteiger partial charge in [-0.1, -0.05) is 49.4 Å². The maximum absolute atomic E-state index is 13.2. The van der Waals surface area contributed by atoms with E-state index in [9.17, 15) is 9.59 Å². The SMILES string of the molecule is CCC(C(=O)NC(C)(C)C)N(Cc1ccccc1)C(=O)COc1ccccc1OC. The fourth-order valence-corrected chi connectivity index (χ4v) is 3.11. The number of carbonyl (C=O) groups excluding carboxylic acids is 2. The lowest BCUT2D eigenvalue weighted by molar-refractivity contribution is -0.143. The second-order valence-corrected chi connectivity index (χ2v) is 8.11. The molecule has 162 valence electrons. The van der Waals surface area contributed by atoms with E-state index in [0.29, 0.717) is 24.5 Å². The van der Waals surface area contributed by atoms with Gasteiger partial charge in [0.05, 0.1) is 7.11 Å². The van der Waals surface area contributed by atoms with Crippen LogP contribution in [0.1, 0.15) is 39.7 Å². The van der Waals surface area contributed by atoms with Crippen molar-refractivity contribution < 1.29 is 19.1 Å². The molecule has 0 radical (unpaired) electrons. The number of methoxy groups -OCH3 is 1. The Morgan fingerprint density at radius 1 is 1.00 bits per heavy atom. The van der Waals surface area contributed by atoms with E-state index in [-0.39, 0.29) is 24.0 Å². The molecule has 0 saturated carbocycles. The summed E-state index contributed by atoms with van der Waals surface area (Å²) in [5, 5.41) is 2.99. The minimum absolute atomic E-state index is 0.174. The molecular formula is C24H32N2O4. The Labute approximate surface area is 179 Å². The topological polar surface area (TPSA) is 67.9 Å². The molecule has 1 atom stereocenters. The number of carbonyl (C=O) groups is 2. The number of hydrogen-bond acceptors (Lipinski definition) is 4. The van der Waals surface area contributed by atoms with E-state index in [1.807, 2.05) is 70.2 Å². The number of rotatable bonds is 9. The Balaban J connectivity index is 2.22. The number of para-hydroxylation sites is 2. The molecule has 0 saturated heterocycles. The van der Waals surface area contributed by atoms with Crippen LogP contribution in [0, 0.1) is 0 Å². The quantitative estimate of drug-likeness (QED) is 0.680. The number of nitrogens with zero attached hydrogens (tertiary/aromatic N) is 1. The lowest BCUT2D eigenvalue weighted by Crippen LogP contribution is -2.54. The van der Waals surface area contributed by atoms with Gasteiger partial charge in [-0.05, 0) is 44.9 Å². The molecule has 30 heavy (non-hydrogen) atoms. The molecule has 2 aromatic rings. The minimum atomic E-state index is -0.599. The molecule has 0 spiro atoms. The van der Waals surface area contributed by atoms with Gasteiger partial charge in [0.25, 0.3) is 5.91 Å². The van der Waals surface area contributed by atoms with E-state index in [2.05, 4.69) is 5.32 Å². The molecule has 1 N–H and O–H groups in total. The summed E-state index contributed by atoms with van der Waals surface area (Å²) in [5.74, 6) is 0.602. The molecule has 6 nitrogen and oxygen atoms in total. The van der Waals surface area contributed by atoms with Crippen LogP contribution in [-0.2, 0) is 16.1 Å². The summed E-state index contributed by atoms with van der Waals surface area (Å²) >= 11 is 0. The maximum atomic E-state index is 13.2. The van der Waals surface area contributed by atoms with Gasteiger partial charge in [-0.15, -0.1) is 0 Å². The van der Waals surface area contributed by atoms with Gasteiger partial charge in [0, 0.05) is 12.1 Å². The second-order valence-electron chi connectivity index (χ2n) is 8.11. The van der Waals surface area contributed by atoms with Gasteiger partial charge in [-0.25, -0.2) is 0 Å². The van der Waals surface area contributed by atoms with Crippen LogP contribution < -0.4 is 14.8 Å². The Morgan fingerprint density at radius 2 is 1.60 bits per heavy atom. The zero-order valence-electron chi connectivity index (χ0n) is 18.5. The first-order valence-electron chi connectivity index (χ1n) is 10.2. The Morgan fingerprint density at radius 3 is 2.17 bits per heavy atom. The van der Waals surface area contributed by atoms with Gasteiger partial charge in [-0.2, -0.15) is 0 Å². The fourth-order valence-electron chi connectivity index (χ4n) is 3.11. The standard InChI is InChI=1S/C24H32N2O4/c1-6-19(23(28)25-24(2,3)4)26(16-18-12-8-7-9-13-18)22(27)17-30-21-15-11-10-14-20(21)29-5/h7-15,19H,6,16-17H2,1-5H3,(H,25,28). The Hall–Kier alpha value is -3.02. The summed E-state index contributed by atoms with van der Waals surface area (Å²) in [6.45, 7) is 7.81. The summed E-state index contributed by atoms with van der Waals surface area (Å²) in [5.41, 5.74) is 0.560. The Kier molecular flexibility index (Phi) is 8.27. The average Bonchev–Trinajstić information content (AvgIpc) is 2.71. The van der Waals surface area contributed by atoms with Crippen molar-refractivity contribution in [3.8, 4) is 11.5 Å². The molecule has 0 heterocycles. The van der Waals surface area contributed by atoms with Crippen molar-refractivity contribution in [1.29, 1.82) is 0 Å². The molecule has 1 unspecified atom stereocenters. The van der Waals surface area contributed by atoms with Crippen LogP contribution in [0.5, 0.6) is 11.5 Å². The first-order chi connectivity index (χ1) is 14.2. The van der Waals surface area contributed by atoms with Gasteiger partial charge < -0.3 is 19.7 Å². The molecule has 0 fully saturated rings. The molecule has 0 aliphatic carbocycles. The molecule has 2 amide bonds. The van der Waals surface area contributed by atoms with E-state index in [4.69, 9.17) is 9.47 Å². The number of benzene rings is 2. The third kappa shape index (κ3) is 6.79. The van der Waals surface area contributed by atoms with E-state index in [1.165, 1.54) is 0 Å². The predicted octanol–water partition coefficient (Wildman–Crippen LogP) is 3.80. The van der Waals surface area contributed by atoms with E-state index >= 15 is 0 Å². The van der Waals surface area contributed by atoms with Crippen molar-refractivity contribution in [3.05, 3.63) is 60.2 Å². The van der Waals surface area contributed by atoms with E-state index in [0.717, 1.165) is 5.56 Å². The molecule has 0 bridgehead atoms. The van der Waals surface area contributed by atoms with E-state index < -0.39 is 6.04 Å². The highest BCUT2D eigenvalue weighted by molar-refractivity contribution is 5.88. The van der Waals surface area contributed by atoms with Crippen molar-refractivity contribution in [2.75, 3.05) is 13.7 Å². The average molecular weight is 413 g/mol. The summed E-state index contributed by atoms with van der Waals surface area (Å²) in [6, 6.07) is 16.2. The van der Waals surface area contributed by atoms with Crippen LogP contribution in [0.2, 0.25) is 0 Å². The zero-order chi connectivity index (χ0) is 22.1. The predicted molar refractivity (Wildman–Crippen MR) is 117 cm³/mol. The number of hydrogen-bond donors (Lipinski definition) is 1. The van der Waals surface area contributed by atoms with Crippen molar-refractivity contribution in [2.45, 2.75) is 52.2 Å². The smallest absolute Gasteiger partial charge is 0.261 e. The first kappa shape index (κ1) is 23.3. The molecular weight excluding hydrogens is 380 g/mol. The van der Waals surface area contributed by atoms with Gasteiger partial charge >= 0.3 is 0 Å². The van der Waals surface area contributed by atoms with Crippen LogP contribution >= 0.6 is 0 Å². The fraction of sp³-hybridized carbons (Fsp3) is 0.417. The monoisotopic (exact) mass is 412 g/mol. The van der Waals surface area contributed by atoms with Crippen molar-refractivity contribution in [2.24, 2.45) is 0 Å². The third-order valence-electron chi connectivity index (χ3n) is 4.50. The van der Waals surface area contributed by atoms with Gasteiger partial charge in [0.1, 0.15) is 6.04 Å². The number of ether oxygens (including phenoxy) is 2. The largest absolute Gasteiger partial charge is 0.493 e. The summed E-state index contributed by atoms with van der Waals surface area (Å²) < 4.78 is 11.0. The Bertz CT molecular complexity index is 831. The maximum Gasteiger partial charge on any atom is 0.261 e. The molecule has 0 aliphatic heterocycles. The highest BCUT2D eigenvalue weighted by Gasteiger charge is 2.31. The third-order valence-corrected chi connectivity index (χ3v) is 4.50. The summed E-state index contributed by atoms with van der Waals surface area (Å²) in [7, 11) is 1.55. The summed E-state index contributed by atoms with van der Waals surface area (Å²) in [4.78, 5) is 27.7. The van der Waals surface area contributed by atoms with Crippen LogP contribution in [-0.4, -0.2) is 42.0 Å². The lowest BCUT2D eigenvalue weighted by atomic mass is 10.1. The van der Waals surface area contributed by atoms with Crippen LogP contribution in [0.15, 0.2) is 54.6 Å². The normalized spacial score (nSPS) is 12.0. The van der Waals surface area contributed by atoms with Crippen molar-refractivity contribution in [1.82, 2.24) is 10.2 Å². The number of amides is 2. The van der Waals surface area contributed by atoms with Crippen LogP contribution in [0.3, 0.4) is 0 Å². The van der Waals surface area contributed by atoms with Gasteiger partial charge in [0.15, 0.2) is 18.1 Å². The van der Waals surface area contributed by atoms with E-state index in [1.54, 1.807) is 24.1 Å². The van der Waals surface area contributed by atoms with Crippen molar-refractivity contribution in [3.63, 3.8) is 0 Å². The van der Waals surface area contributed by atoms with Gasteiger partial charge in [-0.3, -0.25) is 9.59 Å². The molecule has 6 heteroatoms. The molecule has 0 aromatic heterocycles. The van der Waals surface area contributed by atoms with Crippen LogP contribution in [0.25, 0.3) is 0 Å². The highest BCUT2D eigenvalue weighted by atomic mass is 16.5. The van der Waals surface area contributed by atoms with Crippen molar-refractivity contribution >= 4 is 11.8 Å². The van der Waals surface area contributed by atoms with Gasteiger partial charge in [0.2, 0.25) is 5.91 Å². The molecule has 2 rings (SSSR count). The lowest BCUT2D eigenvalue weighted by Gasteiger charge is -2.33. The summed E-state index contributed by atoms with van der Waals surface area (Å²) in [6.07, 6.45) is 0.495.